The fourth-order valence-corrected chi connectivity index (χ4v) is 3.31. The standard InChI is InChI=1S/C16H21N3O3S/c1-3-5-9-18(4-2)11-14-15(17-16(20)23-14)12-7-6-8-13(10-12)19(21)22/h6-8,10H,3-5,9,11H2,1-2H3,(H,17,20). The highest BCUT2D eigenvalue weighted by Gasteiger charge is 2.15. The minimum atomic E-state index is -0.423. The van der Waals surface area contributed by atoms with Crippen molar-refractivity contribution >= 4 is 17.0 Å². The maximum atomic E-state index is 11.8. The first-order chi connectivity index (χ1) is 11.0. The Hall–Kier alpha value is -1.99. The highest BCUT2D eigenvalue weighted by molar-refractivity contribution is 7.09. The van der Waals surface area contributed by atoms with Gasteiger partial charge in [0.1, 0.15) is 0 Å². The van der Waals surface area contributed by atoms with Gasteiger partial charge in [-0.2, -0.15) is 0 Å². The van der Waals surface area contributed by atoms with Crippen molar-refractivity contribution in [3.63, 3.8) is 0 Å². The van der Waals surface area contributed by atoms with Crippen LogP contribution in [0.15, 0.2) is 29.1 Å². The Morgan fingerprint density at radius 2 is 2.13 bits per heavy atom. The van der Waals surface area contributed by atoms with Crippen LogP contribution in [-0.4, -0.2) is 27.9 Å². The van der Waals surface area contributed by atoms with Crippen LogP contribution in [0, 0.1) is 10.1 Å². The van der Waals surface area contributed by atoms with Gasteiger partial charge in [0.25, 0.3) is 5.69 Å². The Labute approximate surface area is 138 Å². The Morgan fingerprint density at radius 3 is 2.78 bits per heavy atom. The van der Waals surface area contributed by atoms with Gasteiger partial charge in [0, 0.05) is 29.1 Å². The maximum absolute atomic E-state index is 11.8. The van der Waals surface area contributed by atoms with E-state index in [2.05, 4.69) is 23.7 Å². The molecule has 1 N–H and O–H groups in total. The Morgan fingerprint density at radius 1 is 1.35 bits per heavy atom. The normalized spacial score (nSPS) is 11.1. The van der Waals surface area contributed by atoms with E-state index in [1.165, 1.54) is 23.5 Å². The summed E-state index contributed by atoms with van der Waals surface area (Å²) in [5.41, 5.74) is 1.40. The number of nitro groups is 1. The number of nitrogens with one attached hydrogen (secondary N) is 1. The molecule has 0 fully saturated rings. The van der Waals surface area contributed by atoms with Crippen LogP contribution in [0.4, 0.5) is 5.69 Å². The van der Waals surface area contributed by atoms with Gasteiger partial charge in [-0.05, 0) is 19.5 Å². The van der Waals surface area contributed by atoms with Crippen molar-refractivity contribution in [3.05, 3.63) is 48.9 Å². The second-order valence-electron chi connectivity index (χ2n) is 5.34. The molecule has 0 saturated heterocycles. The van der Waals surface area contributed by atoms with Gasteiger partial charge in [-0.15, -0.1) is 0 Å². The molecule has 0 amide bonds. The van der Waals surface area contributed by atoms with Crippen molar-refractivity contribution in [1.29, 1.82) is 0 Å². The number of unbranched alkanes of at least 4 members (excludes halogenated alkanes) is 1. The van der Waals surface area contributed by atoms with Gasteiger partial charge in [0.2, 0.25) is 0 Å². The average Bonchev–Trinajstić information content (AvgIpc) is 2.92. The van der Waals surface area contributed by atoms with Gasteiger partial charge in [-0.25, -0.2) is 0 Å². The van der Waals surface area contributed by atoms with E-state index in [4.69, 9.17) is 0 Å². The second kappa shape index (κ2) is 8.03. The zero-order valence-corrected chi connectivity index (χ0v) is 14.2. The number of aromatic nitrogens is 1. The first-order valence-corrected chi connectivity index (χ1v) is 8.56. The number of non-ortho nitro benzene ring substituents is 1. The molecule has 1 heterocycles. The molecule has 0 spiro atoms. The number of nitrogens with zero attached hydrogens (tertiary/aromatic N) is 2. The van der Waals surface area contributed by atoms with Crippen molar-refractivity contribution in [2.45, 2.75) is 33.2 Å². The third-order valence-electron chi connectivity index (χ3n) is 3.71. The molecule has 2 rings (SSSR count). The molecule has 0 atom stereocenters. The molecule has 0 unspecified atom stereocenters. The SMILES string of the molecule is CCCCN(CC)Cc1sc(=O)[nH]c1-c1cccc([N+](=O)[O-])c1. The fourth-order valence-electron chi connectivity index (χ4n) is 2.41. The van der Waals surface area contributed by atoms with Crippen LogP contribution in [0.2, 0.25) is 0 Å². The number of aromatic amines is 1. The second-order valence-corrected chi connectivity index (χ2v) is 6.41. The molecular weight excluding hydrogens is 314 g/mol. The van der Waals surface area contributed by atoms with Gasteiger partial charge in [0.15, 0.2) is 0 Å². The third kappa shape index (κ3) is 4.49. The molecule has 0 aliphatic carbocycles. The molecule has 0 bridgehead atoms. The molecule has 1 aromatic heterocycles. The summed E-state index contributed by atoms with van der Waals surface area (Å²) in [4.78, 5) is 28.2. The lowest BCUT2D eigenvalue weighted by Crippen LogP contribution is -2.23. The topological polar surface area (TPSA) is 79.2 Å². The molecule has 1 aromatic carbocycles. The summed E-state index contributed by atoms with van der Waals surface area (Å²) in [6.07, 6.45) is 2.23. The van der Waals surface area contributed by atoms with E-state index < -0.39 is 4.92 Å². The van der Waals surface area contributed by atoms with Crippen molar-refractivity contribution in [1.82, 2.24) is 9.88 Å². The third-order valence-corrected chi connectivity index (χ3v) is 4.58. The van der Waals surface area contributed by atoms with Gasteiger partial charge >= 0.3 is 4.87 Å². The van der Waals surface area contributed by atoms with E-state index in [1.807, 2.05) is 0 Å². The minimum Gasteiger partial charge on any atom is -0.312 e. The van der Waals surface area contributed by atoms with Crippen molar-refractivity contribution in [2.24, 2.45) is 0 Å². The largest absolute Gasteiger partial charge is 0.312 e. The van der Waals surface area contributed by atoms with Crippen LogP contribution in [0.5, 0.6) is 0 Å². The Bertz CT molecular complexity index is 723. The smallest absolute Gasteiger partial charge is 0.305 e. The van der Waals surface area contributed by atoms with Crippen LogP contribution < -0.4 is 4.87 Å². The highest BCUT2D eigenvalue weighted by Crippen LogP contribution is 2.27. The quantitative estimate of drug-likeness (QED) is 0.590. The molecule has 7 heteroatoms. The van der Waals surface area contributed by atoms with Crippen LogP contribution in [0.3, 0.4) is 0 Å². The molecule has 23 heavy (non-hydrogen) atoms. The summed E-state index contributed by atoms with van der Waals surface area (Å²) in [6.45, 7) is 6.81. The summed E-state index contributed by atoms with van der Waals surface area (Å²) in [5.74, 6) is 0. The van der Waals surface area contributed by atoms with Gasteiger partial charge in [0.05, 0.1) is 10.6 Å². The number of rotatable bonds is 8. The van der Waals surface area contributed by atoms with E-state index in [9.17, 15) is 14.9 Å². The number of nitro benzene ring substituents is 1. The van der Waals surface area contributed by atoms with Crippen LogP contribution >= 0.6 is 11.3 Å². The van der Waals surface area contributed by atoms with E-state index in [0.29, 0.717) is 17.8 Å². The lowest BCUT2D eigenvalue weighted by Gasteiger charge is -2.19. The predicted octanol–water partition coefficient (Wildman–Crippen LogP) is 3.63. The van der Waals surface area contributed by atoms with E-state index >= 15 is 0 Å². The Balaban J connectivity index is 2.31. The molecule has 0 aliphatic heterocycles. The fraction of sp³-hybridized carbons (Fsp3) is 0.438. The van der Waals surface area contributed by atoms with E-state index in [1.54, 1.807) is 12.1 Å². The lowest BCUT2D eigenvalue weighted by molar-refractivity contribution is -0.384. The molecule has 124 valence electrons. The number of H-pyrrole nitrogens is 1. The molecule has 0 aliphatic rings. The number of benzene rings is 1. The number of hydrogen-bond donors (Lipinski definition) is 1. The highest BCUT2D eigenvalue weighted by atomic mass is 32.1. The summed E-state index contributed by atoms with van der Waals surface area (Å²) in [7, 11) is 0. The van der Waals surface area contributed by atoms with E-state index in [0.717, 1.165) is 30.8 Å². The average molecular weight is 335 g/mol. The Kier molecular flexibility index (Phi) is 6.06. The zero-order chi connectivity index (χ0) is 16.8. The first-order valence-electron chi connectivity index (χ1n) is 7.74. The van der Waals surface area contributed by atoms with Gasteiger partial charge in [-0.1, -0.05) is 43.7 Å². The van der Waals surface area contributed by atoms with Crippen LogP contribution in [-0.2, 0) is 6.54 Å². The lowest BCUT2D eigenvalue weighted by atomic mass is 10.1. The molecule has 6 nitrogen and oxygen atoms in total. The van der Waals surface area contributed by atoms with Crippen molar-refractivity contribution < 1.29 is 4.92 Å². The number of hydrogen-bond acceptors (Lipinski definition) is 5. The van der Waals surface area contributed by atoms with E-state index in [-0.39, 0.29) is 10.6 Å². The minimum absolute atomic E-state index is 0.0267. The predicted molar refractivity (Wildman–Crippen MR) is 92.9 cm³/mol. The molecule has 0 radical (unpaired) electrons. The van der Waals surface area contributed by atoms with Gasteiger partial charge in [-0.3, -0.25) is 19.8 Å². The summed E-state index contributed by atoms with van der Waals surface area (Å²) < 4.78 is 0. The van der Waals surface area contributed by atoms with Crippen molar-refractivity contribution in [2.75, 3.05) is 13.1 Å². The summed E-state index contributed by atoms with van der Waals surface area (Å²) in [5, 5.41) is 10.9. The van der Waals surface area contributed by atoms with Crippen LogP contribution in [0.1, 0.15) is 31.6 Å². The first kappa shape index (κ1) is 17.4. The molecular formula is C16H21N3O3S. The molecule has 2 aromatic rings. The summed E-state index contributed by atoms with van der Waals surface area (Å²) in [6, 6.07) is 6.38. The monoisotopic (exact) mass is 335 g/mol. The maximum Gasteiger partial charge on any atom is 0.305 e. The zero-order valence-electron chi connectivity index (χ0n) is 13.4. The van der Waals surface area contributed by atoms with Gasteiger partial charge < -0.3 is 4.98 Å². The van der Waals surface area contributed by atoms with Crippen molar-refractivity contribution in [3.8, 4) is 11.3 Å². The summed E-state index contributed by atoms with van der Waals surface area (Å²) >= 11 is 1.18. The number of thiazole rings is 1. The van der Waals surface area contributed by atoms with Crippen LogP contribution in [0.25, 0.3) is 11.3 Å². The molecule has 0 saturated carbocycles.